The lowest BCUT2D eigenvalue weighted by atomic mass is 10.1. The highest BCUT2D eigenvalue weighted by Crippen LogP contribution is 2.08. The molecule has 0 radical (unpaired) electrons. The second-order valence-electron chi connectivity index (χ2n) is 15.9. The van der Waals surface area contributed by atoms with Crippen molar-refractivity contribution in [2.24, 2.45) is 11.5 Å². The molecule has 24 heteroatoms. The van der Waals surface area contributed by atoms with Crippen molar-refractivity contribution in [2.45, 2.75) is 89.9 Å². The molecule has 0 saturated heterocycles. The van der Waals surface area contributed by atoms with Gasteiger partial charge in [-0.3, -0.25) is 51.1 Å². The third-order valence-electron chi connectivity index (χ3n) is 10.0. The van der Waals surface area contributed by atoms with E-state index < -0.39 is 0 Å². The number of thioether (sulfide) groups is 2. The zero-order valence-corrected chi connectivity index (χ0v) is 43.7. The number of nitrogens with zero attached hydrogens (tertiary/aromatic N) is 2. The topological polar surface area (TPSA) is 332 Å². The zero-order chi connectivity index (χ0) is 50.9. The van der Waals surface area contributed by atoms with Crippen LogP contribution in [0.4, 0.5) is 0 Å². The Labute approximate surface area is 416 Å². The Balaban J connectivity index is 0. The van der Waals surface area contributed by atoms with Crippen molar-refractivity contribution < 1.29 is 39.6 Å². The first kappa shape index (κ1) is 66.3. The van der Waals surface area contributed by atoms with Gasteiger partial charge in [-0.15, -0.1) is 0 Å². The van der Waals surface area contributed by atoms with Gasteiger partial charge in [0, 0.05) is 155 Å². The number of rotatable bonds is 44. The first-order valence-electron chi connectivity index (χ1n) is 24.4. The number of nitrogens with two attached hydrogens (primary N) is 4. The predicted molar refractivity (Wildman–Crippen MR) is 278 cm³/mol. The van der Waals surface area contributed by atoms with E-state index in [0.717, 1.165) is 90.6 Å². The van der Waals surface area contributed by atoms with Crippen LogP contribution in [0.3, 0.4) is 0 Å². The van der Waals surface area contributed by atoms with E-state index in [-0.39, 0.29) is 45.8 Å². The Morgan fingerprint density at radius 1 is 0.382 bits per heavy atom. The summed E-state index contributed by atoms with van der Waals surface area (Å²) >= 11 is 2.50. The maximum atomic E-state index is 12.5. The summed E-state index contributed by atoms with van der Waals surface area (Å²) in [6.45, 7) is 10.7. The summed E-state index contributed by atoms with van der Waals surface area (Å²) in [5.41, 5.74) is 10.9. The molecule has 0 aliphatic rings. The Kier molecular flexibility index (Phi) is 48.4. The molecule has 68 heavy (non-hydrogen) atoms. The highest BCUT2D eigenvalue weighted by atomic mass is 32.2. The number of hydrogen-bond donors (Lipinski definition) is 14. The Bertz CT molecular complexity index is 1260. The van der Waals surface area contributed by atoms with Crippen LogP contribution in [0.2, 0.25) is 0 Å². The molecule has 0 heterocycles. The number of likely N-dealkylation sites (N-methyl/N-ethyl adjacent to an activating group) is 4. The molecule has 0 aromatic rings. The number of hydrogen-bond acceptors (Lipinski definition) is 14. The summed E-state index contributed by atoms with van der Waals surface area (Å²) in [6, 6.07) is 0. The first-order chi connectivity index (χ1) is 32.8. The van der Waals surface area contributed by atoms with Crippen molar-refractivity contribution in [2.75, 3.05) is 144 Å². The summed E-state index contributed by atoms with van der Waals surface area (Å²) in [4.78, 5) is 76.1. The van der Waals surface area contributed by atoms with Crippen LogP contribution in [0.25, 0.3) is 0 Å². The highest BCUT2D eigenvalue weighted by Gasteiger charge is 2.16. The van der Waals surface area contributed by atoms with Crippen LogP contribution < -0.4 is 75.5 Å². The molecule has 0 rings (SSSR count). The quantitative estimate of drug-likeness (QED) is 0.0155. The molecule has 0 aromatic carbocycles. The van der Waals surface area contributed by atoms with E-state index in [4.69, 9.17) is 22.3 Å². The maximum absolute atomic E-state index is 12.5. The number of carbonyl (C=O) groups is 6. The van der Waals surface area contributed by atoms with Gasteiger partial charge in [-0.25, -0.2) is 0 Å². The predicted octanol–water partition coefficient (Wildman–Crippen LogP) is -4.77. The van der Waals surface area contributed by atoms with Crippen molar-refractivity contribution in [3.8, 4) is 0 Å². The van der Waals surface area contributed by atoms with Gasteiger partial charge >= 0.3 is 0 Å². The molecular weight excluding hydrogens is 913 g/mol. The van der Waals surface area contributed by atoms with Crippen LogP contribution in [-0.2, 0) is 28.8 Å². The summed E-state index contributed by atoms with van der Waals surface area (Å²) in [5.74, 6) is 1.18. The van der Waals surface area contributed by atoms with Crippen molar-refractivity contribution in [1.29, 1.82) is 0 Å². The molecule has 6 amide bonds. The molecule has 396 valence electrons. The number of unbranched alkanes of at least 4 members (excludes halogenated alkanes) is 6. The molecule has 22 nitrogen and oxygen atoms in total. The minimum absolute atomic E-state index is 0.000678. The Morgan fingerprint density at radius 2 is 0.662 bits per heavy atom. The molecular formula is C44H94N16O6S2+2. The fraction of sp³-hybridized carbons (Fsp3) is 0.818. The highest BCUT2D eigenvalue weighted by molar-refractivity contribution is 8.13. The molecule has 0 aliphatic carbocycles. The van der Waals surface area contributed by atoms with E-state index in [1.165, 1.54) is 23.5 Å². The van der Waals surface area contributed by atoms with E-state index in [9.17, 15) is 28.8 Å². The lowest BCUT2D eigenvalue weighted by molar-refractivity contribution is -0.131. The smallest absolute Gasteiger partial charge is 0.299 e. The average Bonchev–Trinajstić information content (AvgIpc) is 3.30. The minimum atomic E-state index is -0.0459. The molecule has 0 aliphatic heterocycles. The molecule has 0 atom stereocenters. The first-order valence-corrected chi connectivity index (χ1v) is 26.4. The lowest BCUT2D eigenvalue weighted by Gasteiger charge is -2.23. The summed E-state index contributed by atoms with van der Waals surface area (Å²) in [7, 11) is 7.48. The van der Waals surface area contributed by atoms with Crippen LogP contribution in [0.15, 0.2) is 0 Å². The normalized spacial score (nSPS) is 10.6. The van der Waals surface area contributed by atoms with E-state index >= 15 is 0 Å². The van der Waals surface area contributed by atoms with Crippen LogP contribution in [0.5, 0.6) is 0 Å². The van der Waals surface area contributed by atoms with E-state index in [1.54, 1.807) is 9.80 Å². The third kappa shape index (κ3) is 47.3. The van der Waals surface area contributed by atoms with Crippen molar-refractivity contribution >= 4 is 69.3 Å². The monoisotopic (exact) mass is 1010 g/mol. The summed E-state index contributed by atoms with van der Waals surface area (Å²) < 4.78 is 0. The average molecular weight is 1010 g/mol. The minimum Gasteiger partial charge on any atom is -0.355 e. The van der Waals surface area contributed by atoms with Crippen LogP contribution in [-0.4, -0.2) is 200 Å². The lowest BCUT2D eigenvalue weighted by Crippen LogP contribution is -2.44. The Morgan fingerprint density at radius 3 is 0.956 bits per heavy atom. The number of amides is 6. The molecule has 0 fully saturated rings. The third-order valence-corrected chi connectivity index (χ3v) is 11.5. The van der Waals surface area contributed by atoms with E-state index in [2.05, 4.69) is 53.2 Å². The van der Waals surface area contributed by atoms with Crippen LogP contribution >= 0.6 is 23.5 Å². The molecule has 0 aromatic heterocycles. The summed E-state index contributed by atoms with van der Waals surface area (Å²) in [6.07, 6.45) is 9.54. The summed E-state index contributed by atoms with van der Waals surface area (Å²) in [5, 5.41) is 41.6. The van der Waals surface area contributed by atoms with Gasteiger partial charge in [0.25, 0.3) is 10.3 Å². The van der Waals surface area contributed by atoms with Crippen LogP contribution in [0, 0.1) is 0 Å². The van der Waals surface area contributed by atoms with Gasteiger partial charge in [0.1, 0.15) is 0 Å². The van der Waals surface area contributed by atoms with Crippen LogP contribution in [0.1, 0.15) is 89.9 Å². The van der Waals surface area contributed by atoms with Gasteiger partial charge in [0.15, 0.2) is 0 Å². The number of carbonyl (C=O) groups excluding carboxylic acids is 6. The second-order valence-corrected chi connectivity index (χ2v) is 18.2. The van der Waals surface area contributed by atoms with Gasteiger partial charge in [-0.05, 0) is 77.4 Å². The van der Waals surface area contributed by atoms with Crippen molar-refractivity contribution in [1.82, 2.24) is 63.0 Å². The molecule has 18 N–H and O–H groups in total. The maximum Gasteiger partial charge on any atom is 0.299 e. The second kappa shape index (κ2) is 49.6. The fourth-order valence-electron chi connectivity index (χ4n) is 6.17. The Hall–Kier alpha value is -3.78. The van der Waals surface area contributed by atoms with E-state index in [1.807, 2.05) is 28.2 Å². The largest absolute Gasteiger partial charge is 0.355 e. The zero-order valence-electron chi connectivity index (χ0n) is 42.1. The van der Waals surface area contributed by atoms with Gasteiger partial charge in [-0.2, -0.15) is 0 Å². The van der Waals surface area contributed by atoms with Gasteiger partial charge in [-0.1, -0.05) is 25.7 Å². The van der Waals surface area contributed by atoms with Crippen molar-refractivity contribution in [3.05, 3.63) is 0 Å². The molecule has 0 bridgehead atoms. The SMILES string of the molecule is CNCCN(CCNC(=O)CCCCCCC(=O)NCCN(CCNC)C(=O)CCSC(N)=[NH2+])C(=O)CCSC(N)=[NH2+].CNCCNCCNC(=O)CCCCCCC(=O)NCCNCCNC. The van der Waals surface area contributed by atoms with Crippen molar-refractivity contribution in [3.63, 3.8) is 0 Å². The number of amidine groups is 2. The number of nitrogens with one attached hydrogen (secondary N) is 10. The van der Waals surface area contributed by atoms with Gasteiger partial charge in [0.2, 0.25) is 35.4 Å². The molecule has 0 unspecified atom stereocenters. The van der Waals surface area contributed by atoms with Gasteiger partial charge in [0.05, 0.1) is 0 Å². The van der Waals surface area contributed by atoms with Gasteiger partial charge < -0.3 is 63.0 Å². The van der Waals surface area contributed by atoms with E-state index in [0.29, 0.717) is 115 Å². The fourth-order valence-corrected chi connectivity index (χ4v) is 7.19. The molecule has 0 saturated carbocycles. The molecule has 0 spiro atoms. The standard InChI is InChI=1S/C26H52N10O4S2.C18H40N6O2/c1-31-11-15-35(23(39)9-19-41-25(27)28)17-13-33-21(37)7-5-3-4-6-8-22(38)34-14-18-36(16-12-32-2)24(40)10-20-42-26(29)30;1-19-9-11-21-13-15-23-17(25)7-5-3-4-6-8-18(26)24-16-14-22-12-10-20-2/h31-32H,3-20H2,1-2H3,(H3,27,28)(H3,29,30)(H,33,37)(H,34,38);19-22H,3-16H2,1-2H3,(H,23,25)(H,24,26)/p+2.